The van der Waals surface area contributed by atoms with Crippen molar-refractivity contribution in [3.8, 4) is 16.9 Å². The lowest BCUT2D eigenvalue weighted by Gasteiger charge is -2.13. The quantitative estimate of drug-likeness (QED) is 0.715. The van der Waals surface area contributed by atoms with Gasteiger partial charge in [-0.2, -0.15) is 0 Å². The van der Waals surface area contributed by atoms with E-state index in [0.717, 1.165) is 16.7 Å². The lowest BCUT2D eigenvalue weighted by Crippen LogP contribution is -2.06. The highest BCUT2D eigenvalue weighted by atomic mass is 16.3. The van der Waals surface area contributed by atoms with E-state index in [1.165, 1.54) is 0 Å². The topological polar surface area (TPSA) is 37.3 Å². The molecule has 0 saturated carbocycles. The van der Waals surface area contributed by atoms with Crippen LogP contribution in [0, 0.1) is 6.92 Å². The molecule has 2 heteroatoms. The maximum atomic E-state index is 12.9. The van der Waals surface area contributed by atoms with Crippen molar-refractivity contribution in [1.82, 2.24) is 0 Å². The van der Waals surface area contributed by atoms with Gasteiger partial charge in [0.05, 0.1) is 0 Å². The van der Waals surface area contributed by atoms with Gasteiger partial charge in [0.15, 0.2) is 5.78 Å². The van der Waals surface area contributed by atoms with Crippen molar-refractivity contribution >= 4 is 5.78 Å². The Morgan fingerprint density at radius 1 is 0.864 bits per heavy atom. The van der Waals surface area contributed by atoms with Gasteiger partial charge in [-0.25, -0.2) is 0 Å². The van der Waals surface area contributed by atoms with Crippen molar-refractivity contribution < 1.29 is 9.90 Å². The number of aryl methyl sites for hydroxylation is 1. The molecule has 0 bridgehead atoms. The van der Waals surface area contributed by atoms with Gasteiger partial charge in [-0.05, 0) is 35.7 Å². The summed E-state index contributed by atoms with van der Waals surface area (Å²) in [5.41, 5.74) is 3.73. The number of hydrogen-bond donors (Lipinski definition) is 1. The summed E-state index contributed by atoms with van der Waals surface area (Å²) in [4.78, 5) is 12.9. The maximum Gasteiger partial charge on any atom is 0.193 e. The maximum absolute atomic E-state index is 12.9. The summed E-state index contributed by atoms with van der Waals surface area (Å²) in [7, 11) is 0. The van der Waals surface area contributed by atoms with E-state index < -0.39 is 0 Å². The smallest absolute Gasteiger partial charge is 0.193 e. The predicted molar refractivity (Wildman–Crippen MR) is 88.2 cm³/mol. The first-order valence-electron chi connectivity index (χ1n) is 7.15. The second-order valence-corrected chi connectivity index (χ2v) is 5.25. The molecule has 0 aliphatic heterocycles. The Hall–Kier alpha value is -2.87. The minimum atomic E-state index is -0.0306. The molecule has 0 aliphatic carbocycles. The largest absolute Gasteiger partial charge is 0.508 e. The van der Waals surface area contributed by atoms with E-state index in [0.29, 0.717) is 11.1 Å². The molecule has 0 aromatic heterocycles. The summed E-state index contributed by atoms with van der Waals surface area (Å²) in [6, 6.07) is 22.1. The molecular formula is C20H16O2. The summed E-state index contributed by atoms with van der Waals surface area (Å²) in [5.74, 6) is 0.137. The van der Waals surface area contributed by atoms with Crippen LogP contribution < -0.4 is 0 Å². The van der Waals surface area contributed by atoms with Crippen LogP contribution in [0.5, 0.6) is 5.75 Å². The molecule has 2 nitrogen and oxygen atoms in total. The highest BCUT2D eigenvalue weighted by molar-refractivity contribution is 6.14. The summed E-state index contributed by atoms with van der Waals surface area (Å²) in [6.45, 7) is 1.85. The Balaban J connectivity index is 2.21. The first-order valence-corrected chi connectivity index (χ1v) is 7.15. The number of benzene rings is 3. The number of ketones is 1. The van der Waals surface area contributed by atoms with E-state index in [1.54, 1.807) is 12.1 Å². The van der Waals surface area contributed by atoms with Gasteiger partial charge in [-0.1, -0.05) is 60.7 Å². The highest BCUT2D eigenvalue weighted by Crippen LogP contribution is 2.32. The number of rotatable bonds is 3. The molecule has 3 rings (SSSR count). The monoisotopic (exact) mass is 288 g/mol. The summed E-state index contributed by atoms with van der Waals surface area (Å²) < 4.78 is 0. The van der Waals surface area contributed by atoms with E-state index in [2.05, 4.69) is 0 Å². The SMILES string of the molecule is Cc1cc(O)cc(-c2ccccc2)c1C(=O)c1ccccc1. The van der Waals surface area contributed by atoms with Crippen LogP contribution in [-0.4, -0.2) is 10.9 Å². The fourth-order valence-corrected chi connectivity index (χ4v) is 2.65. The third-order valence-electron chi connectivity index (χ3n) is 3.67. The van der Waals surface area contributed by atoms with Crippen LogP contribution in [0.4, 0.5) is 0 Å². The second-order valence-electron chi connectivity index (χ2n) is 5.25. The van der Waals surface area contributed by atoms with Crippen LogP contribution in [0.2, 0.25) is 0 Å². The molecule has 0 saturated heterocycles. The molecule has 0 radical (unpaired) electrons. The summed E-state index contributed by atoms with van der Waals surface area (Å²) in [5, 5.41) is 9.92. The molecular weight excluding hydrogens is 272 g/mol. The van der Waals surface area contributed by atoms with E-state index in [9.17, 15) is 9.90 Å². The van der Waals surface area contributed by atoms with Crippen molar-refractivity contribution in [2.45, 2.75) is 6.92 Å². The van der Waals surface area contributed by atoms with Gasteiger partial charge in [-0.15, -0.1) is 0 Å². The first kappa shape index (κ1) is 14.1. The Bertz CT molecular complexity index is 806. The van der Waals surface area contributed by atoms with Crippen molar-refractivity contribution in [3.63, 3.8) is 0 Å². The van der Waals surface area contributed by atoms with E-state index in [4.69, 9.17) is 0 Å². The molecule has 0 atom stereocenters. The van der Waals surface area contributed by atoms with Crippen molar-refractivity contribution in [1.29, 1.82) is 0 Å². The van der Waals surface area contributed by atoms with Gasteiger partial charge in [-0.3, -0.25) is 4.79 Å². The summed E-state index contributed by atoms with van der Waals surface area (Å²) in [6.07, 6.45) is 0. The van der Waals surface area contributed by atoms with Crippen LogP contribution in [0.1, 0.15) is 21.5 Å². The van der Waals surface area contributed by atoms with E-state index in [-0.39, 0.29) is 11.5 Å². The Morgan fingerprint density at radius 2 is 1.45 bits per heavy atom. The molecule has 108 valence electrons. The van der Waals surface area contributed by atoms with Crippen LogP contribution >= 0.6 is 0 Å². The number of phenols is 1. The number of carbonyl (C=O) groups excluding carboxylic acids is 1. The number of aromatic hydroxyl groups is 1. The summed E-state index contributed by atoms with van der Waals surface area (Å²) >= 11 is 0. The lowest BCUT2D eigenvalue weighted by molar-refractivity contribution is 0.103. The molecule has 0 heterocycles. The molecule has 0 amide bonds. The Morgan fingerprint density at radius 3 is 2.09 bits per heavy atom. The van der Waals surface area contributed by atoms with Crippen molar-refractivity contribution in [2.75, 3.05) is 0 Å². The minimum absolute atomic E-state index is 0.0306. The fourth-order valence-electron chi connectivity index (χ4n) is 2.65. The van der Waals surface area contributed by atoms with Gasteiger partial charge in [0.2, 0.25) is 0 Å². The molecule has 1 N–H and O–H groups in total. The average molecular weight is 288 g/mol. The molecule has 0 unspecified atom stereocenters. The number of phenolic OH excluding ortho intramolecular Hbond substituents is 1. The normalized spacial score (nSPS) is 10.4. The zero-order valence-corrected chi connectivity index (χ0v) is 12.3. The molecule has 0 fully saturated rings. The lowest BCUT2D eigenvalue weighted by atomic mass is 9.90. The van der Waals surface area contributed by atoms with Crippen LogP contribution in [0.3, 0.4) is 0 Å². The zero-order chi connectivity index (χ0) is 15.5. The number of carbonyl (C=O) groups is 1. The van der Waals surface area contributed by atoms with E-state index in [1.807, 2.05) is 67.6 Å². The van der Waals surface area contributed by atoms with Crippen LogP contribution in [0.25, 0.3) is 11.1 Å². The van der Waals surface area contributed by atoms with Crippen molar-refractivity contribution in [2.24, 2.45) is 0 Å². The minimum Gasteiger partial charge on any atom is -0.508 e. The zero-order valence-electron chi connectivity index (χ0n) is 12.3. The molecule has 22 heavy (non-hydrogen) atoms. The third-order valence-corrected chi connectivity index (χ3v) is 3.67. The average Bonchev–Trinajstić information content (AvgIpc) is 2.55. The number of hydrogen-bond acceptors (Lipinski definition) is 2. The van der Waals surface area contributed by atoms with Crippen molar-refractivity contribution in [3.05, 3.63) is 89.5 Å². The first-order chi connectivity index (χ1) is 10.7. The fraction of sp³-hybridized carbons (Fsp3) is 0.0500. The third kappa shape index (κ3) is 2.63. The van der Waals surface area contributed by atoms with E-state index >= 15 is 0 Å². The van der Waals surface area contributed by atoms with Gasteiger partial charge in [0, 0.05) is 11.1 Å². The van der Waals surface area contributed by atoms with Crippen LogP contribution in [-0.2, 0) is 0 Å². The van der Waals surface area contributed by atoms with Crippen LogP contribution in [0.15, 0.2) is 72.8 Å². The molecule has 3 aromatic carbocycles. The van der Waals surface area contributed by atoms with Gasteiger partial charge >= 0.3 is 0 Å². The van der Waals surface area contributed by atoms with Gasteiger partial charge in [0.1, 0.15) is 5.75 Å². The van der Waals surface area contributed by atoms with Gasteiger partial charge < -0.3 is 5.11 Å². The highest BCUT2D eigenvalue weighted by Gasteiger charge is 2.18. The standard InChI is InChI=1S/C20H16O2/c1-14-12-17(21)13-18(15-8-4-2-5-9-15)19(14)20(22)16-10-6-3-7-11-16/h2-13,21H,1H3. The predicted octanol–water partition coefficient (Wildman–Crippen LogP) is 4.60. The Labute approximate surface area is 129 Å². The van der Waals surface area contributed by atoms with Gasteiger partial charge in [0.25, 0.3) is 0 Å². The molecule has 3 aromatic rings. The second kappa shape index (κ2) is 5.86. The Kier molecular flexibility index (Phi) is 3.75. The molecule has 0 spiro atoms. The molecule has 0 aliphatic rings.